The van der Waals surface area contributed by atoms with Gasteiger partial charge in [0.15, 0.2) is 5.96 Å². The van der Waals surface area contributed by atoms with Crippen molar-refractivity contribution in [2.24, 2.45) is 4.99 Å². The van der Waals surface area contributed by atoms with Gasteiger partial charge in [0.1, 0.15) is 12.1 Å². The van der Waals surface area contributed by atoms with Crippen molar-refractivity contribution < 1.29 is 4.74 Å². The number of guanidine groups is 1. The van der Waals surface area contributed by atoms with Crippen molar-refractivity contribution in [1.82, 2.24) is 29.7 Å². The van der Waals surface area contributed by atoms with Crippen molar-refractivity contribution in [3.05, 3.63) is 78.5 Å². The van der Waals surface area contributed by atoms with Crippen LogP contribution in [0.3, 0.4) is 0 Å². The Balaban J connectivity index is 1.28. The molecule has 2 unspecified atom stereocenters. The van der Waals surface area contributed by atoms with E-state index in [1.807, 2.05) is 23.0 Å². The highest BCUT2D eigenvalue weighted by atomic mass is 16.5. The van der Waals surface area contributed by atoms with E-state index in [1.165, 1.54) is 5.56 Å². The van der Waals surface area contributed by atoms with Gasteiger partial charge in [-0.15, -0.1) is 0 Å². The van der Waals surface area contributed by atoms with Gasteiger partial charge in [-0.05, 0) is 30.2 Å². The molecule has 5 rings (SSSR count). The fourth-order valence-electron chi connectivity index (χ4n) is 4.63. The van der Waals surface area contributed by atoms with Crippen LogP contribution in [-0.2, 0) is 17.8 Å². The third kappa shape index (κ3) is 5.07. The van der Waals surface area contributed by atoms with E-state index < -0.39 is 0 Å². The van der Waals surface area contributed by atoms with Gasteiger partial charge in [0.2, 0.25) is 0 Å². The Kier molecular flexibility index (Phi) is 6.64. The highest BCUT2D eigenvalue weighted by molar-refractivity contribution is 5.80. The van der Waals surface area contributed by atoms with Crippen LogP contribution >= 0.6 is 0 Å². The second-order valence-electron chi connectivity index (χ2n) is 8.50. The fraction of sp³-hybridized carbons (Fsp3) is 0.400. The zero-order chi connectivity index (χ0) is 22.5. The van der Waals surface area contributed by atoms with E-state index in [1.54, 1.807) is 12.5 Å². The third-order valence-electron chi connectivity index (χ3n) is 6.27. The molecule has 0 saturated carbocycles. The van der Waals surface area contributed by atoms with Gasteiger partial charge in [0, 0.05) is 51.3 Å². The maximum atomic E-state index is 6.17. The van der Waals surface area contributed by atoms with Crippen LogP contribution in [-0.4, -0.2) is 75.2 Å². The van der Waals surface area contributed by atoms with Crippen LogP contribution < -0.4 is 5.32 Å². The van der Waals surface area contributed by atoms with Crippen LogP contribution in [0.1, 0.15) is 18.1 Å². The molecule has 0 aliphatic carbocycles. The predicted octanol–water partition coefficient (Wildman–Crippen LogP) is 2.32. The number of fused-ring (bicyclic) bond motifs is 1. The first-order chi connectivity index (χ1) is 16.3. The van der Waals surface area contributed by atoms with Crippen molar-refractivity contribution in [1.29, 1.82) is 0 Å². The number of aromatic nitrogens is 3. The van der Waals surface area contributed by atoms with Gasteiger partial charge >= 0.3 is 0 Å². The number of nitrogens with zero attached hydrogens (tertiary/aromatic N) is 6. The van der Waals surface area contributed by atoms with E-state index >= 15 is 0 Å². The molecule has 0 radical (unpaired) electrons. The smallest absolute Gasteiger partial charge is 0.194 e. The Morgan fingerprint density at radius 2 is 2.06 bits per heavy atom. The topological polar surface area (TPSA) is 70.8 Å². The summed E-state index contributed by atoms with van der Waals surface area (Å²) in [5.41, 5.74) is 2.46. The highest BCUT2D eigenvalue weighted by Crippen LogP contribution is 2.25. The number of benzene rings is 1. The van der Waals surface area contributed by atoms with Crippen LogP contribution in [0.2, 0.25) is 0 Å². The first kappa shape index (κ1) is 21.6. The quantitative estimate of drug-likeness (QED) is 0.464. The molecule has 2 aromatic heterocycles. The lowest BCUT2D eigenvalue weighted by Gasteiger charge is -2.36. The highest BCUT2D eigenvalue weighted by Gasteiger charge is 2.41. The number of morpholine rings is 1. The zero-order valence-corrected chi connectivity index (χ0v) is 19.0. The minimum absolute atomic E-state index is 0.208. The molecule has 3 aromatic rings. The van der Waals surface area contributed by atoms with E-state index in [9.17, 15) is 0 Å². The summed E-state index contributed by atoms with van der Waals surface area (Å²) in [5.74, 6) is 1.79. The van der Waals surface area contributed by atoms with Crippen molar-refractivity contribution in [3.63, 3.8) is 0 Å². The Bertz CT molecular complexity index is 1050. The van der Waals surface area contributed by atoms with Crippen LogP contribution in [0.4, 0.5) is 0 Å². The van der Waals surface area contributed by atoms with Crippen LogP contribution in [0.5, 0.6) is 0 Å². The Labute approximate surface area is 194 Å². The maximum Gasteiger partial charge on any atom is 0.194 e. The lowest BCUT2D eigenvalue weighted by molar-refractivity contribution is -0.0502. The molecular formula is C25H31N7O. The number of pyridine rings is 1. The summed E-state index contributed by atoms with van der Waals surface area (Å²) in [6.45, 7) is 8.01. The average molecular weight is 446 g/mol. The first-order valence-corrected chi connectivity index (χ1v) is 11.7. The molecule has 0 bridgehead atoms. The predicted molar refractivity (Wildman–Crippen MR) is 128 cm³/mol. The standard InChI is InChI=1S/C25H31N7O/c1-2-27-25(29-15-21-8-9-28-24(14-21)31-11-10-26-19-31)32-17-22-23(18-32)33-13-12-30(22)16-20-6-4-3-5-7-20/h3-11,14,19,22-23H,2,12-13,15-18H2,1H3,(H,27,29). The minimum atomic E-state index is 0.208. The zero-order valence-electron chi connectivity index (χ0n) is 19.0. The van der Waals surface area contributed by atoms with Crippen molar-refractivity contribution in [3.8, 4) is 5.82 Å². The first-order valence-electron chi connectivity index (χ1n) is 11.7. The number of hydrogen-bond donors (Lipinski definition) is 1. The molecule has 172 valence electrons. The number of nitrogens with one attached hydrogen (secondary N) is 1. The molecule has 8 heteroatoms. The number of ether oxygens (including phenoxy) is 1. The molecule has 1 aromatic carbocycles. The molecule has 0 amide bonds. The molecule has 2 fully saturated rings. The average Bonchev–Trinajstić information content (AvgIpc) is 3.54. The third-order valence-corrected chi connectivity index (χ3v) is 6.27. The van der Waals surface area contributed by atoms with Crippen LogP contribution in [0.15, 0.2) is 72.4 Å². The van der Waals surface area contributed by atoms with Gasteiger partial charge < -0.3 is 15.0 Å². The molecule has 2 aliphatic rings. The second-order valence-corrected chi connectivity index (χ2v) is 8.50. The van der Waals surface area contributed by atoms with Crippen molar-refractivity contribution >= 4 is 5.96 Å². The van der Waals surface area contributed by atoms with Gasteiger partial charge in [-0.3, -0.25) is 9.47 Å². The number of hydrogen-bond acceptors (Lipinski definition) is 5. The van der Waals surface area contributed by atoms with Crippen molar-refractivity contribution in [2.45, 2.75) is 32.2 Å². The second kappa shape index (κ2) is 10.1. The fourth-order valence-corrected chi connectivity index (χ4v) is 4.63. The summed E-state index contributed by atoms with van der Waals surface area (Å²) >= 11 is 0. The molecule has 8 nitrogen and oxygen atoms in total. The van der Waals surface area contributed by atoms with Gasteiger partial charge in [0.05, 0.1) is 25.3 Å². The van der Waals surface area contributed by atoms with E-state index in [2.05, 4.69) is 68.4 Å². The van der Waals surface area contributed by atoms with Crippen molar-refractivity contribution in [2.75, 3.05) is 32.8 Å². The number of imidazole rings is 1. The minimum Gasteiger partial charge on any atom is -0.373 e. The summed E-state index contributed by atoms with van der Waals surface area (Å²) in [5, 5.41) is 3.48. The van der Waals surface area contributed by atoms with Gasteiger partial charge in [0.25, 0.3) is 0 Å². The van der Waals surface area contributed by atoms with E-state index in [-0.39, 0.29) is 6.10 Å². The normalized spacial score (nSPS) is 21.2. The Morgan fingerprint density at radius 3 is 2.88 bits per heavy atom. The Morgan fingerprint density at radius 1 is 1.15 bits per heavy atom. The summed E-state index contributed by atoms with van der Waals surface area (Å²) in [7, 11) is 0. The summed E-state index contributed by atoms with van der Waals surface area (Å²) in [4.78, 5) is 18.4. The largest absolute Gasteiger partial charge is 0.373 e. The molecule has 4 heterocycles. The molecular weight excluding hydrogens is 414 g/mol. The molecule has 0 spiro atoms. The molecule has 2 atom stereocenters. The lowest BCUT2D eigenvalue weighted by atomic mass is 10.1. The van der Waals surface area contributed by atoms with E-state index in [4.69, 9.17) is 9.73 Å². The van der Waals surface area contributed by atoms with E-state index in [0.29, 0.717) is 12.6 Å². The van der Waals surface area contributed by atoms with E-state index in [0.717, 1.165) is 56.7 Å². The van der Waals surface area contributed by atoms with Crippen LogP contribution in [0, 0.1) is 0 Å². The SMILES string of the molecule is CCNC(=NCc1ccnc(-n2ccnc2)c1)N1CC2OCCN(Cc3ccccc3)C2C1. The summed E-state index contributed by atoms with van der Waals surface area (Å²) < 4.78 is 8.07. The molecule has 2 saturated heterocycles. The molecule has 1 N–H and O–H groups in total. The molecule has 33 heavy (non-hydrogen) atoms. The van der Waals surface area contributed by atoms with Gasteiger partial charge in [-0.2, -0.15) is 0 Å². The number of rotatable bonds is 6. The monoisotopic (exact) mass is 445 g/mol. The van der Waals surface area contributed by atoms with Crippen LogP contribution in [0.25, 0.3) is 5.82 Å². The molecule has 2 aliphatic heterocycles. The summed E-state index contributed by atoms with van der Waals surface area (Å²) in [6, 6.07) is 15.2. The summed E-state index contributed by atoms with van der Waals surface area (Å²) in [6.07, 6.45) is 7.44. The number of likely N-dealkylation sites (tertiary alicyclic amines) is 1. The number of aliphatic imine (C=N–C) groups is 1. The lowest BCUT2D eigenvalue weighted by Crippen LogP contribution is -2.50. The maximum absolute atomic E-state index is 6.17. The van der Waals surface area contributed by atoms with Gasteiger partial charge in [-0.25, -0.2) is 15.0 Å². The van der Waals surface area contributed by atoms with Gasteiger partial charge in [-0.1, -0.05) is 30.3 Å². The Hall–Kier alpha value is -3.23.